The summed E-state index contributed by atoms with van der Waals surface area (Å²) in [4.78, 5) is 57.5. The maximum Gasteiger partial charge on any atom is 0.325 e. The van der Waals surface area contributed by atoms with Gasteiger partial charge >= 0.3 is 23.3 Å². The predicted molar refractivity (Wildman–Crippen MR) is 130 cm³/mol. The highest BCUT2D eigenvalue weighted by atomic mass is 19.1. The second-order valence-corrected chi connectivity index (χ2v) is 7.36. The number of amides is 1. The maximum absolute atomic E-state index is 14.1. The van der Waals surface area contributed by atoms with Gasteiger partial charge in [0.1, 0.15) is 18.8 Å². The van der Waals surface area contributed by atoms with Crippen molar-refractivity contribution in [3.05, 3.63) is 56.4 Å². The molecule has 202 valence electrons. The highest BCUT2D eigenvalue weighted by Gasteiger charge is 2.25. The highest BCUT2D eigenvalue weighted by Crippen LogP contribution is 2.37. The number of rotatable bonds is 12. The molecule has 0 spiro atoms. The first-order chi connectivity index (χ1) is 18.0. The molecule has 1 N–H and O–H groups in total. The van der Waals surface area contributed by atoms with Crippen LogP contribution in [0.1, 0.15) is 20.8 Å². The Kier molecular flexibility index (Phi) is 10.2. The van der Waals surface area contributed by atoms with Crippen molar-refractivity contribution in [3.63, 3.8) is 0 Å². The number of nitrogens with zero attached hydrogens (tertiary/aromatic N) is 5. The monoisotopic (exact) mass is 534 g/mol. The Hall–Kier alpha value is -5.02. The third-order valence-corrected chi connectivity index (χ3v) is 4.61. The maximum atomic E-state index is 14.1. The van der Waals surface area contributed by atoms with Crippen molar-refractivity contribution in [2.24, 2.45) is 10.2 Å². The van der Waals surface area contributed by atoms with Gasteiger partial charge in [0.25, 0.3) is 0 Å². The van der Waals surface area contributed by atoms with Gasteiger partial charge in [-0.05, 0) is 32.0 Å². The summed E-state index contributed by atoms with van der Waals surface area (Å²) in [6.07, 6.45) is 0. The van der Waals surface area contributed by atoms with Gasteiger partial charge < -0.3 is 19.7 Å². The van der Waals surface area contributed by atoms with Crippen LogP contribution in [0.5, 0.6) is 0 Å². The second-order valence-electron chi connectivity index (χ2n) is 7.36. The lowest BCUT2D eigenvalue weighted by Gasteiger charge is -2.23. The van der Waals surface area contributed by atoms with Gasteiger partial charge in [0.15, 0.2) is 5.69 Å². The first kappa shape index (κ1) is 29.2. The molecule has 1 amide bonds. The summed E-state index contributed by atoms with van der Waals surface area (Å²) < 4.78 is 24.0. The Morgan fingerprint density at radius 3 is 1.97 bits per heavy atom. The lowest BCUT2D eigenvalue weighted by molar-refractivity contribution is -0.395. The summed E-state index contributed by atoms with van der Waals surface area (Å²) in [5.74, 6) is -3.16. The fourth-order valence-electron chi connectivity index (χ4n) is 3.08. The van der Waals surface area contributed by atoms with Gasteiger partial charge in [0, 0.05) is 18.7 Å². The summed E-state index contributed by atoms with van der Waals surface area (Å²) in [6, 6.07) is 5.01. The minimum absolute atomic E-state index is 0.0292. The number of nitrogens with one attached hydrogen (secondary N) is 1. The zero-order chi connectivity index (χ0) is 28.4. The van der Waals surface area contributed by atoms with Crippen molar-refractivity contribution >= 4 is 52.0 Å². The predicted octanol–water partition coefficient (Wildman–Crippen LogP) is 3.95. The summed E-state index contributed by atoms with van der Waals surface area (Å²) >= 11 is 0. The number of halogens is 1. The number of hydrogen-bond donors (Lipinski definition) is 1. The van der Waals surface area contributed by atoms with E-state index in [0.29, 0.717) is 12.1 Å². The number of nitro benzene ring substituents is 2. The Morgan fingerprint density at radius 1 is 0.921 bits per heavy atom. The fraction of sp³-hybridized carbons (Fsp3) is 0.318. The molecule has 2 rings (SSSR count). The number of ether oxygens (including phenoxy) is 2. The van der Waals surface area contributed by atoms with Gasteiger partial charge in [-0.1, -0.05) is 0 Å². The molecule has 0 fully saturated rings. The molecule has 2 aromatic rings. The third kappa shape index (κ3) is 8.00. The van der Waals surface area contributed by atoms with Gasteiger partial charge in [-0.3, -0.25) is 34.6 Å². The van der Waals surface area contributed by atoms with Crippen LogP contribution in [0.25, 0.3) is 0 Å². The van der Waals surface area contributed by atoms with E-state index >= 15 is 0 Å². The smallest absolute Gasteiger partial charge is 0.325 e. The minimum Gasteiger partial charge on any atom is -0.465 e. The molecule has 0 aliphatic heterocycles. The molecule has 16 heteroatoms. The standard InChI is InChI=1S/C22H23FN6O9/c1-4-37-21(31)11-27(12-22(32)38-5-2)14-6-7-16(17(8-14)24-13(3)30)25-26-18-9-15(23)19(28(33)34)10-20(18)29(35)36/h6-10H,4-5,11-12H2,1-3H3,(H,24,30)/b26-25+. The molecule has 0 aliphatic carbocycles. The number of anilines is 2. The second kappa shape index (κ2) is 13.3. The molecule has 0 unspecified atom stereocenters. The van der Waals surface area contributed by atoms with Gasteiger partial charge in [0.05, 0.1) is 34.8 Å². The Bertz CT molecular complexity index is 1260. The first-order valence-electron chi connectivity index (χ1n) is 11.0. The van der Waals surface area contributed by atoms with Crippen LogP contribution < -0.4 is 10.2 Å². The molecular formula is C22H23FN6O9. The number of carbonyl (C=O) groups is 3. The lowest BCUT2D eigenvalue weighted by Crippen LogP contribution is -2.36. The van der Waals surface area contributed by atoms with E-state index in [-0.39, 0.29) is 43.4 Å². The number of benzene rings is 2. The van der Waals surface area contributed by atoms with Crippen LogP contribution in [-0.4, -0.2) is 54.0 Å². The molecule has 0 heterocycles. The van der Waals surface area contributed by atoms with Crippen LogP contribution in [-0.2, 0) is 23.9 Å². The van der Waals surface area contributed by atoms with Crippen LogP contribution in [0.3, 0.4) is 0 Å². The Balaban J connectivity index is 2.53. The normalized spacial score (nSPS) is 10.6. The molecular weight excluding hydrogens is 511 g/mol. The average Bonchev–Trinajstić information content (AvgIpc) is 2.82. The van der Waals surface area contributed by atoms with E-state index in [2.05, 4.69) is 15.5 Å². The van der Waals surface area contributed by atoms with Crippen LogP contribution >= 0.6 is 0 Å². The average molecular weight is 534 g/mol. The van der Waals surface area contributed by atoms with Gasteiger partial charge in [-0.2, -0.15) is 4.39 Å². The number of esters is 2. The van der Waals surface area contributed by atoms with Crippen molar-refractivity contribution in [2.45, 2.75) is 20.8 Å². The minimum atomic E-state index is -1.36. The topological polar surface area (TPSA) is 196 Å². The van der Waals surface area contributed by atoms with E-state index in [1.165, 1.54) is 30.0 Å². The Morgan fingerprint density at radius 2 is 1.47 bits per heavy atom. The summed E-state index contributed by atoms with van der Waals surface area (Å²) in [5.41, 5.74) is -2.31. The van der Waals surface area contributed by atoms with Crippen molar-refractivity contribution in [1.82, 2.24) is 0 Å². The van der Waals surface area contributed by atoms with Crippen LogP contribution in [0.4, 0.5) is 38.5 Å². The van der Waals surface area contributed by atoms with Crippen molar-refractivity contribution in [1.29, 1.82) is 0 Å². The quantitative estimate of drug-likeness (QED) is 0.180. The zero-order valence-electron chi connectivity index (χ0n) is 20.5. The van der Waals surface area contributed by atoms with Gasteiger partial charge in [0.2, 0.25) is 11.7 Å². The van der Waals surface area contributed by atoms with Crippen LogP contribution in [0.2, 0.25) is 0 Å². The van der Waals surface area contributed by atoms with Crippen LogP contribution in [0, 0.1) is 26.0 Å². The largest absolute Gasteiger partial charge is 0.465 e. The summed E-state index contributed by atoms with van der Waals surface area (Å²) in [5, 5.41) is 32.2. The molecule has 2 aromatic carbocycles. The zero-order valence-corrected chi connectivity index (χ0v) is 20.5. The number of hydrogen-bond acceptors (Lipinski definition) is 12. The summed E-state index contributed by atoms with van der Waals surface area (Å²) in [6.45, 7) is 3.98. The Labute approximate surface area is 214 Å². The fourth-order valence-corrected chi connectivity index (χ4v) is 3.08. The lowest BCUT2D eigenvalue weighted by atomic mass is 10.2. The van der Waals surface area contributed by atoms with Gasteiger partial charge in [-0.25, -0.2) is 0 Å². The molecule has 15 nitrogen and oxygen atoms in total. The number of carbonyl (C=O) groups excluding carboxylic acids is 3. The molecule has 0 atom stereocenters. The van der Waals surface area contributed by atoms with Crippen LogP contribution in [0.15, 0.2) is 40.6 Å². The van der Waals surface area contributed by atoms with E-state index in [1.807, 2.05) is 0 Å². The van der Waals surface area contributed by atoms with Crippen molar-refractivity contribution < 1.29 is 38.1 Å². The summed E-state index contributed by atoms with van der Waals surface area (Å²) in [7, 11) is 0. The van der Waals surface area contributed by atoms with Crippen molar-refractivity contribution in [3.8, 4) is 0 Å². The van der Waals surface area contributed by atoms with Crippen molar-refractivity contribution in [2.75, 3.05) is 36.5 Å². The van der Waals surface area contributed by atoms with E-state index < -0.39 is 50.6 Å². The van der Waals surface area contributed by atoms with E-state index in [4.69, 9.17) is 9.47 Å². The molecule has 0 saturated heterocycles. The third-order valence-electron chi connectivity index (χ3n) is 4.61. The van der Waals surface area contributed by atoms with Gasteiger partial charge in [-0.15, -0.1) is 10.2 Å². The first-order valence-corrected chi connectivity index (χ1v) is 11.0. The molecule has 0 saturated carbocycles. The van der Waals surface area contributed by atoms with E-state index in [1.54, 1.807) is 13.8 Å². The van der Waals surface area contributed by atoms with E-state index in [0.717, 1.165) is 0 Å². The SMILES string of the molecule is CCOC(=O)CN(CC(=O)OCC)c1ccc(/N=N/c2cc(F)c([N+](=O)[O-])cc2[N+](=O)[O-])c(NC(C)=O)c1. The molecule has 0 bridgehead atoms. The molecule has 0 radical (unpaired) electrons. The molecule has 38 heavy (non-hydrogen) atoms. The molecule has 0 aliphatic rings. The van der Waals surface area contributed by atoms with E-state index in [9.17, 15) is 39.0 Å². The molecule has 0 aromatic heterocycles. The highest BCUT2D eigenvalue weighted by molar-refractivity contribution is 5.93. The number of nitro groups is 2. The number of azo groups is 1.